The molecule has 0 unspecified atom stereocenters. The predicted molar refractivity (Wildman–Crippen MR) is 109 cm³/mol. The van der Waals surface area contributed by atoms with Crippen molar-refractivity contribution in [2.75, 3.05) is 6.54 Å². The van der Waals surface area contributed by atoms with Crippen molar-refractivity contribution in [2.45, 2.75) is 70.8 Å². The van der Waals surface area contributed by atoms with Gasteiger partial charge in [0.15, 0.2) is 4.80 Å². The van der Waals surface area contributed by atoms with Gasteiger partial charge in [-0.3, -0.25) is 4.99 Å². The maximum Gasteiger partial charge on any atom is 0.184 e. The van der Waals surface area contributed by atoms with E-state index >= 15 is 0 Å². The quantitative estimate of drug-likeness (QED) is 0.490. The van der Waals surface area contributed by atoms with Crippen LogP contribution in [0.15, 0.2) is 34.6 Å². The van der Waals surface area contributed by atoms with Gasteiger partial charge >= 0.3 is 0 Å². The Morgan fingerprint density at radius 2 is 1.84 bits per heavy atom. The molecule has 0 saturated heterocycles. The molecular weight excluding hydrogens is 348 g/mol. The summed E-state index contributed by atoms with van der Waals surface area (Å²) >= 11 is 7.95. The molecule has 3 rings (SSSR count). The topological polar surface area (TPSA) is 17.3 Å². The summed E-state index contributed by atoms with van der Waals surface area (Å²) in [4.78, 5) is 6.12. The van der Waals surface area contributed by atoms with Gasteiger partial charge in [0.05, 0.1) is 0 Å². The number of rotatable bonds is 8. The first-order valence-corrected chi connectivity index (χ1v) is 10.9. The van der Waals surface area contributed by atoms with Gasteiger partial charge in [-0.2, -0.15) is 0 Å². The minimum absolute atomic E-state index is 0.160. The molecule has 1 aromatic heterocycles. The molecule has 0 aliphatic heterocycles. The van der Waals surface area contributed by atoms with Crippen LogP contribution in [0.1, 0.15) is 70.1 Å². The van der Waals surface area contributed by atoms with Crippen molar-refractivity contribution in [2.24, 2.45) is 4.99 Å². The molecule has 0 N–H and O–H groups in total. The van der Waals surface area contributed by atoms with E-state index in [4.69, 9.17) is 16.6 Å². The number of benzene rings is 1. The first-order valence-electron chi connectivity index (χ1n) is 9.66. The van der Waals surface area contributed by atoms with Crippen LogP contribution in [0.2, 0.25) is 5.02 Å². The van der Waals surface area contributed by atoms with Crippen LogP contribution in [0.5, 0.6) is 0 Å². The summed E-state index contributed by atoms with van der Waals surface area (Å²) in [7, 11) is 0. The highest BCUT2D eigenvalue weighted by Gasteiger charge is 2.42. The Hall–Kier alpha value is -1.06. The van der Waals surface area contributed by atoms with Crippen LogP contribution in [0, 0.1) is 0 Å². The number of hydrogen-bond donors (Lipinski definition) is 0. The van der Waals surface area contributed by atoms with Crippen LogP contribution in [0.25, 0.3) is 0 Å². The number of halogens is 1. The molecule has 1 saturated carbocycles. The molecule has 4 heteroatoms. The van der Waals surface area contributed by atoms with Gasteiger partial charge in [-0.05, 0) is 43.4 Å². The van der Waals surface area contributed by atoms with Gasteiger partial charge in [0.2, 0.25) is 0 Å². The number of hydrogen-bond acceptors (Lipinski definition) is 2. The first kappa shape index (κ1) is 18.7. The second-order valence-corrected chi connectivity index (χ2v) is 8.36. The Labute approximate surface area is 160 Å². The lowest BCUT2D eigenvalue weighted by molar-refractivity contribution is 0.281. The molecule has 1 heterocycles. The fourth-order valence-electron chi connectivity index (χ4n) is 3.69. The highest BCUT2D eigenvalue weighted by atomic mass is 35.5. The van der Waals surface area contributed by atoms with E-state index in [9.17, 15) is 0 Å². The number of thiazole rings is 1. The summed E-state index contributed by atoms with van der Waals surface area (Å²) in [6.07, 6.45) is 8.55. The molecule has 0 atom stereocenters. The van der Waals surface area contributed by atoms with Gasteiger partial charge in [-0.15, -0.1) is 11.3 Å². The molecule has 0 spiro atoms. The molecule has 25 heavy (non-hydrogen) atoms. The van der Waals surface area contributed by atoms with E-state index in [2.05, 4.69) is 35.9 Å². The number of aromatic nitrogens is 1. The van der Waals surface area contributed by atoms with Crippen LogP contribution in [0.4, 0.5) is 0 Å². The lowest BCUT2D eigenvalue weighted by Gasteiger charge is -2.43. The fraction of sp³-hybridized carbons (Fsp3) is 0.571. The minimum Gasteiger partial charge on any atom is -0.320 e. The molecule has 0 radical (unpaired) electrons. The zero-order chi connectivity index (χ0) is 17.7. The highest BCUT2D eigenvalue weighted by molar-refractivity contribution is 7.07. The lowest BCUT2D eigenvalue weighted by atomic mass is 9.62. The van der Waals surface area contributed by atoms with E-state index in [1.165, 1.54) is 61.0 Å². The monoisotopic (exact) mass is 376 g/mol. The Bertz CT molecular complexity index is 738. The summed E-state index contributed by atoms with van der Waals surface area (Å²) in [5.74, 6) is 0. The Morgan fingerprint density at radius 3 is 2.44 bits per heavy atom. The third-order valence-corrected chi connectivity index (χ3v) is 6.54. The standard InChI is InChI=1S/C21H29ClN2S/c1-3-5-14-23-20-24(15-6-4-2)19(16-25-20)21(12-7-13-21)17-8-10-18(22)11-9-17/h8-11,16H,3-7,12-15H2,1-2H3. The van der Waals surface area contributed by atoms with Crippen molar-refractivity contribution in [1.29, 1.82) is 0 Å². The molecule has 136 valence electrons. The van der Waals surface area contributed by atoms with Crippen molar-refractivity contribution >= 4 is 22.9 Å². The van der Waals surface area contributed by atoms with Gasteiger partial charge < -0.3 is 4.57 Å². The zero-order valence-electron chi connectivity index (χ0n) is 15.4. The summed E-state index contributed by atoms with van der Waals surface area (Å²) in [6.45, 7) is 6.51. The Balaban J connectivity index is 2.01. The van der Waals surface area contributed by atoms with Crippen LogP contribution in [-0.2, 0) is 12.0 Å². The molecular formula is C21H29ClN2S. The number of unbranched alkanes of at least 4 members (excludes halogenated alkanes) is 2. The molecule has 0 amide bonds. The first-order chi connectivity index (χ1) is 12.2. The third kappa shape index (κ3) is 3.88. The van der Waals surface area contributed by atoms with E-state index in [1.54, 1.807) is 0 Å². The summed E-state index contributed by atoms with van der Waals surface area (Å²) in [5.41, 5.74) is 3.04. The van der Waals surface area contributed by atoms with Gasteiger partial charge in [-0.1, -0.05) is 56.8 Å². The molecule has 2 nitrogen and oxygen atoms in total. The van der Waals surface area contributed by atoms with Crippen LogP contribution >= 0.6 is 22.9 Å². The van der Waals surface area contributed by atoms with Crippen molar-refractivity contribution in [1.82, 2.24) is 4.57 Å². The van der Waals surface area contributed by atoms with Crippen molar-refractivity contribution in [3.05, 3.63) is 50.7 Å². The zero-order valence-corrected chi connectivity index (χ0v) is 17.0. The van der Waals surface area contributed by atoms with E-state index < -0.39 is 0 Å². The van der Waals surface area contributed by atoms with E-state index in [-0.39, 0.29) is 5.41 Å². The maximum atomic E-state index is 6.13. The van der Waals surface area contributed by atoms with Gasteiger partial charge in [0.25, 0.3) is 0 Å². The van der Waals surface area contributed by atoms with Crippen LogP contribution in [0.3, 0.4) is 0 Å². The number of nitrogens with zero attached hydrogens (tertiary/aromatic N) is 2. The molecule has 0 bridgehead atoms. The second-order valence-electron chi connectivity index (χ2n) is 7.09. The van der Waals surface area contributed by atoms with Crippen molar-refractivity contribution in [3.63, 3.8) is 0 Å². The van der Waals surface area contributed by atoms with Gasteiger partial charge in [-0.25, -0.2) is 0 Å². The minimum atomic E-state index is 0.160. The van der Waals surface area contributed by atoms with Crippen LogP contribution < -0.4 is 4.80 Å². The molecule has 1 aliphatic carbocycles. The maximum absolute atomic E-state index is 6.13. The normalized spacial score (nSPS) is 16.8. The fourth-order valence-corrected chi connectivity index (χ4v) is 4.87. The summed E-state index contributed by atoms with van der Waals surface area (Å²) in [5, 5.41) is 3.19. The largest absolute Gasteiger partial charge is 0.320 e. The summed E-state index contributed by atoms with van der Waals surface area (Å²) in [6, 6.07) is 8.51. The van der Waals surface area contributed by atoms with Gasteiger partial charge in [0.1, 0.15) is 0 Å². The molecule has 1 fully saturated rings. The van der Waals surface area contributed by atoms with Crippen LogP contribution in [-0.4, -0.2) is 11.1 Å². The van der Waals surface area contributed by atoms with E-state index in [0.717, 1.165) is 18.1 Å². The molecule has 1 aliphatic rings. The molecule has 1 aromatic carbocycles. The Kier molecular flexibility index (Phi) is 6.40. The lowest BCUT2D eigenvalue weighted by Crippen LogP contribution is -2.39. The van der Waals surface area contributed by atoms with Crippen molar-refractivity contribution in [3.8, 4) is 0 Å². The average molecular weight is 377 g/mol. The van der Waals surface area contributed by atoms with E-state index in [0.29, 0.717) is 0 Å². The average Bonchev–Trinajstić information content (AvgIpc) is 2.97. The smallest absolute Gasteiger partial charge is 0.184 e. The second kappa shape index (κ2) is 8.55. The van der Waals surface area contributed by atoms with Gasteiger partial charge in [0, 0.05) is 34.6 Å². The molecule has 2 aromatic rings. The Morgan fingerprint density at radius 1 is 1.12 bits per heavy atom. The summed E-state index contributed by atoms with van der Waals surface area (Å²) < 4.78 is 2.51. The van der Waals surface area contributed by atoms with E-state index in [1.807, 2.05) is 23.5 Å². The van der Waals surface area contributed by atoms with Crippen molar-refractivity contribution < 1.29 is 0 Å². The predicted octanol–water partition coefficient (Wildman–Crippen LogP) is 6.17. The third-order valence-electron chi connectivity index (χ3n) is 5.39. The highest BCUT2D eigenvalue weighted by Crippen LogP contribution is 2.49. The SMILES string of the molecule is CCCCN=c1scc(C2(c3ccc(Cl)cc3)CCC2)n1CCCC.